The Hall–Kier alpha value is -3.04. The summed E-state index contributed by atoms with van der Waals surface area (Å²) in [6.45, 7) is 1.86. The molecule has 1 aromatic heterocycles. The van der Waals surface area contributed by atoms with Gasteiger partial charge in [0.25, 0.3) is 10.0 Å². The highest BCUT2D eigenvalue weighted by Crippen LogP contribution is 2.41. The van der Waals surface area contributed by atoms with Crippen molar-refractivity contribution in [2.24, 2.45) is 0 Å². The third-order valence-electron chi connectivity index (χ3n) is 4.79. The number of nitrogen functional groups attached to an aromatic ring is 1. The first-order chi connectivity index (χ1) is 14.7. The minimum atomic E-state index is -3.92. The van der Waals surface area contributed by atoms with Crippen LogP contribution < -0.4 is 10.5 Å². The molecule has 1 heterocycles. The minimum absolute atomic E-state index is 0.0866. The van der Waals surface area contributed by atoms with Crippen LogP contribution >= 0.6 is 11.8 Å². The van der Waals surface area contributed by atoms with Gasteiger partial charge in [-0.25, -0.2) is 21.2 Å². The first-order valence-electron chi connectivity index (χ1n) is 9.15. The van der Waals surface area contributed by atoms with Crippen LogP contribution in [0.1, 0.15) is 5.56 Å². The van der Waals surface area contributed by atoms with E-state index in [1.807, 2.05) is 6.92 Å². The second-order valence-corrected chi connectivity index (χ2v) is 9.50. The molecule has 4 rings (SSSR count). The predicted octanol–water partition coefficient (Wildman–Crippen LogP) is 5.56. The van der Waals surface area contributed by atoms with Crippen molar-refractivity contribution in [3.8, 4) is 11.5 Å². The van der Waals surface area contributed by atoms with Crippen LogP contribution in [-0.4, -0.2) is 18.6 Å². The molecule has 3 aromatic carbocycles. The molecule has 0 aliphatic rings. The Morgan fingerprint density at radius 2 is 1.71 bits per heavy atom. The number of hydrogen-bond donors (Lipinski definition) is 1. The van der Waals surface area contributed by atoms with E-state index in [2.05, 4.69) is 0 Å². The lowest BCUT2D eigenvalue weighted by Gasteiger charge is -2.14. The number of hydrogen-bond acceptors (Lipinski definition) is 5. The van der Waals surface area contributed by atoms with Crippen molar-refractivity contribution in [2.45, 2.75) is 16.7 Å². The van der Waals surface area contributed by atoms with Crippen LogP contribution in [-0.2, 0) is 10.0 Å². The number of nitrogens with two attached hydrogens (primary N) is 1. The second kappa shape index (κ2) is 7.90. The van der Waals surface area contributed by atoms with Gasteiger partial charge >= 0.3 is 0 Å². The fraction of sp³-hybridized carbons (Fsp3) is 0.0909. The van der Waals surface area contributed by atoms with Gasteiger partial charge in [0.15, 0.2) is 11.6 Å². The molecule has 0 saturated carbocycles. The molecule has 0 aliphatic carbocycles. The van der Waals surface area contributed by atoms with Crippen LogP contribution in [0, 0.1) is 18.6 Å². The van der Waals surface area contributed by atoms with E-state index < -0.39 is 21.7 Å². The van der Waals surface area contributed by atoms with E-state index in [9.17, 15) is 12.8 Å². The number of fused-ring (bicyclic) bond motifs is 1. The molecule has 0 radical (unpaired) electrons. The van der Waals surface area contributed by atoms with E-state index in [0.717, 1.165) is 21.7 Å². The van der Waals surface area contributed by atoms with E-state index >= 15 is 4.39 Å². The molecule has 5 nitrogen and oxygen atoms in total. The molecule has 4 aromatic rings. The predicted molar refractivity (Wildman–Crippen MR) is 118 cm³/mol. The SMILES string of the molecule is CSc1c(Oc2ccc(F)c(N)c2)c(F)cc2c1ccn2S(=O)(=O)c1ccc(C)cc1. The number of ether oxygens (including phenoxy) is 1. The van der Waals surface area contributed by atoms with Crippen LogP contribution in [0.3, 0.4) is 0 Å². The summed E-state index contributed by atoms with van der Waals surface area (Å²) in [5.74, 6) is -1.28. The summed E-state index contributed by atoms with van der Waals surface area (Å²) in [6, 6.07) is 12.9. The summed E-state index contributed by atoms with van der Waals surface area (Å²) in [6.07, 6.45) is 3.12. The van der Waals surface area contributed by atoms with Crippen molar-refractivity contribution < 1.29 is 21.9 Å². The number of aryl methyl sites for hydroxylation is 1. The van der Waals surface area contributed by atoms with Gasteiger partial charge < -0.3 is 10.5 Å². The highest BCUT2D eigenvalue weighted by Gasteiger charge is 2.23. The van der Waals surface area contributed by atoms with E-state index in [1.54, 1.807) is 24.5 Å². The highest BCUT2D eigenvalue weighted by atomic mass is 32.2. The van der Waals surface area contributed by atoms with Gasteiger partial charge in [0.2, 0.25) is 0 Å². The van der Waals surface area contributed by atoms with Crippen molar-refractivity contribution in [2.75, 3.05) is 12.0 Å². The zero-order valence-corrected chi connectivity index (χ0v) is 18.2. The first-order valence-corrected chi connectivity index (χ1v) is 11.8. The Bertz CT molecular complexity index is 1400. The molecule has 0 unspecified atom stereocenters. The van der Waals surface area contributed by atoms with E-state index in [4.69, 9.17) is 10.5 Å². The van der Waals surface area contributed by atoms with E-state index in [0.29, 0.717) is 10.3 Å². The topological polar surface area (TPSA) is 74.3 Å². The molecule has 2 N–H and O–H groups in total. The van der Waals surface area contributed by atoms with Crippen molar-refractivity contribution >= 4 is 38.4 Å². The van der Waals surface area contributed by atoms with Crippen LogP contribution in [0.15, 0.2) is 70.6 Å². The molecule has 0 amide bonds. The zero-order valence-electron chi connectivity index (χ0n) is 16.6. The van der Waals surface area contributed by atoms with Crippen LogP contribution in [0.5, 0.6) is 11.5 Å². The Morgan fingerprint density at radius 3 is 2.35 bits per heavy atom. The number of rotatable bonds is 5. The Labute approximate surface area is 182 Å². The van der Waals surface area contributed by atoms with E-state index in [-0.39, 0.29) is 27.6 Å². The molecule has 31 heavy (non-hydrogen) atoms. The van der Waals surface area contributed by atoms with Crippen LogP contribution in [0.25, 0.3) is 10.9 Å². The van der Waals surface area contributed by atoms with Crippen molar-refractivity contribution in [1.29, 1.82) is 0 Å². The average molecular weight is 461 g/mol. The number of thioether (sulfide) groups is 1. The lowest BCUT2D eigenvalue weighted by Crippen LogP contribution is -2.12. The van der Waals surface area contributed by atoms with Gasteiger partial charge in [-0.15, -0.1) is 11.8 Å². The maximum absolute atomic E-state index is 15.1. The van der Waals surface area contributed by atoms with Gasteiger partial charge in [-0.1, -0.05) is 17.7 Å². The van der Waals surface area contributed by atoms with Gasteiger partial charge in [-0.05, 0) is 43.5 Å². The number of aromatic nitrogens is 1. The molecule has 0 fully saturated rings. The van der Waals surface area contributed by atoms with Crippen molar-refractivity contribution in [1.82, 2.24) is 3.97 Å². The van der Waals surface area contributed by atoms with Gasteiger partial charge in [-0.2, -0.15) is 0 Å². The molecule has 0 atom stereocenters. The van der Waals surface area contributed by atoms with Crippen molar-refractivity contribution in [3.05, 3.63) is 78.0 Å². The summed E-state index contributed by atoms with van der Waals surface area (Å²) in [5, 5.41) is 0.509. The van der Waals surface area contributed by atoms with Crippen LogP contribution in [0.4, 0.5) is 14.5 Å². The summed E-state index contributed by atoms with van der Waals surface area (Å²) < 4.78 is 61.5. The maximum Gasteiger partial charge on any atom is 0.268 e. The first kappa shape index (κ1) is 21.2. The Balaban J connectivity index is 1.85. The third-order valence-corrected chi connectivity index (χ3v) is 7.31. The average Bonchev–Trinajstić information content (AvgIpc) is 3.15. The van der Waals surface area contributed by atoms with Gasteiger partial charge in [0.05, 0.1) is 21.0 Å². The molecule has 0 aliphatic heterocycles. The number of nitrogens with zero attached hydrogens (tertiary/aromatic N) is 1. The molecule has 0 saturated heterocycles. The van der Waals surface area contributed by atoms with Gasteiger partial charge in [-0.3, -0.25) is 0 Å². The lowest BCUT2D eigenvalue weighted by atomic mass is 10.2. The second-order valence-electron chi connectivity index (χ2n) is 6.87. The smallest absolute Gasteiger partial charge is 0.268 e. The van der Waals surface area contributed by atoms with Crippen LogP contribution in [0.2, 0.25) is 0 Å². The standard InChI is InChI=1S/C22H18F2N2O3S2/c1-13-3-6-15(7-4-13)31(27,28)26-10-9-16-20(26)12-18(24)21(22(16)30-2)29-14-5-8-17(23)19(25)11-14/h3-12H,25H2,1-2H3. The largest absolute Gasteiger partial charge is 0.453 e. The lowest BCUT2D eigenvalue weighted by molar-refractivity contribution is 0.432. The molecule has 160 valence electrons. The van der Waals surface area contributed by atoms with E-state index in [1.165, 1.54) is 42.2 Å². The number of anilines is 1. The normalized spacial score (nSPS) is 11.7. The maximum atomic E-state index is 15.1. The van der Waals surface area contributed by atoms with Gasteiger partial charge in [0, 0.05) is 23.7 Å². The molecular weight excluding hydrogens is 442 g/mol. The summed E-state index contributed by atoms with van der Waals surface area (Å²) in [4.78, 5) is 0.513. The number of halogens is 2. The third kappa shape index (κ3) is 3.75. The summed E-state index contributed by atoms with van der Waals surface area (Å²) in [5.41, 5.74) is 6.55. The molecule has 9 heteroatoms. The molecular formula is C22H18F2N2O3S2. The summed E-state index contributed by atoms with van der Waals surface area (Å²) in [7, 11) is -3.92. The molecule has 0 spiro atoms. The fourth-order valence-electron chi connectivity index (χ4n) is 3.21. The number of benzene rings is 3. The molecule has 0 bridgehead atoms. The highest BCUT2D eigenvalue weighted by molar-refractivity contribution is 7.99. The zero-order chi connectivity index (χ0) is 22.3. The summed E-state index contributed by atoms with van der Waals surface area (Å²) >= 11 is 1.21. The monoisotopic (exact) mass is 460 g/mol. The Morgan fingerprint density at radius 1 is 1.00 bits per heavy atom. The Kier molecular flexibility index (Phi) is 5.40. The fourth-order valence-corrected chi connectivity index (χ4v) is 5.27. The minimum Gasteiger partial charge on any atom is -0.453 e. The quantitative estimate of drug-likeness (QED) is 0.312. The van der Waals surface area contributed by atoms with Gasteiger partial charge in [0.1, 0.15) is 11.6 Å². The van der Waals surface area contributed by atoms with Crippen molar-refractivity contribution in [3.63, 3.8) is 0 Å².